The zero-order chi connectivity index (χ0) is 50.3. The number of hydrogen-bond donors (Lipinski definition) is 0. The van der Waals surface area contributed by atoms with Crippen LogP contribution in [0, 0.1) is 45.9 Å². The van der Waals surface area contributed by atoms with Crippen molar-refractivity contribution in [2.75, 3.05) is 0 Å². The van der Waals surface area contributed by atoms with Gasteiger partial charge in [-0.25, -0.2) is 0 Å². The fraction of sp³-hybridized carbons (Fsp3) is 0.0896. The average Bonchev–Trinajstić information content (AvgIpc) is 3.89. The van der Waals surface area contributed by atoms with Gasteiger partial charge in [-0.15, -0.1) is 0 Å². The van der Waals surface area contributed by atoms with Crippen molar-refractivity contribution in [3.63, 3.8) is 0 Å². The second-order valence-corrected chi connectivity index (χ2v) is 19.4. The van der Waals surface area contributed by atoms with Crippen molar-refractivity contribution < 1.29 is 13.2 Å². The first-order chi connectivity index (χ1) is 35.3. The predicted molar refractivity (Wildman–Crippen MR) is 296 cm³/mol. The summed E-state index contributed by atoms with van der Waals surface area (Å²) in [6.07, 6.45) is -4.62. The first-order valence-corrected chi connectivity index (χ1v) is 24.5. The Hall–Kier alpha value is -8.92. The molecule has 0 N–H and O–H groups in total. The smallest absolute Gasteiger partial charge is 0.308 e. The number of alkyl halides is 3. The van der Waals surface area contributed by atoms with E-state index >= 15 is 13.2 Å². The van der Waals surface area contributed by atoms with Crippen molar-refractivity contribution in [2.45, 2.75) is 40.8 Å². The highest BCUT2D eigenvalue weighted by Gasteiger charge is 2.32. The molecule has 0 aliphatic rings. The third-order valence-electron chi connectivity index (χ3n) is 14.8. The van der Waals surface area contributed by atoms with E-state index in [0.29, 0.717) is 33.6 Å². The lowest BCUT2D eigenvalue weighted by molar-refractivity contribution is -0.137. The topological polar surface area (TPSA) is 33.6 Å². The molecule has 0 amide bonds. The normalized spacial score (nSPS) is 11.8. The molecule has 2 aromatic heterocycles. The molecule has 73 heavy (non-hydrogen) atoms. The summed E-state index contributed by atoms with van der Waals surface area (Å²) in [5.74, 6) is 0. The monoisotopic (exact) mass is 951 g/mol. The van der Waals surface area contributed by atoms with Gasteiger partial charge in [0.15, 0.2) is 0 Å². The Morgan fingerprint density at radius 3 is 1.00 bits per heavy atom. The molecule has 2 heterocycles. The number of fused-ring (bicyclic) bond motifs is 6. The fourth-order valence-corrected chi connectivity index (χ4v) is 11.2. The van der Waals surface area contributed by atoms with E-state index in [1.165, 1.54) is 12.1 Å². The Kier molecular flexibility index (Phi) is 10.8. The summed E-state index contributed by atoms with van der Waals surface area (Å²) in [7, 11) is 0. The number of hydrogen-bond acceptors (Lipinski definition) is 1. The maximum atomic E-state index is 15.1. The Bertz CT molecular complexity index is 3830. The summed E-state index contributed by atoms with van der Waals surface area (Å²) in [5.41, 5.74) is 18.8. The summed E-state index contributed by atoms with van der Waals surface area (Å²) in [5, 5.41) is 15.0. The third-order valence-corrected chi connectivity index (χ3v) is 14.8. The van der Waals surface area contributed by atoms with E-state index < -0.39 is 11.7 Å². The molecular weight excluding hydrogens is 904 g/mol. The van der Waals surface area contributed by atoms with Gasteiger partial charge in [-0.3, -0.25) is 0 Å². The van der Waals surface area contributed by atoms with Crippen molar-refractivity contribution in [3.05, 3.63) is 239 Å². The lowest BCUT2D eigenvalue weighted by atomic mass is 9.94. The quantitative estimate of drug-likeness (QED) is 0.157. The van der Waals surface area contributed by atoms with Crippen molar-refractivity contribution in [3.8, 4) is 73.1 Å². The standard InChI is InChI=1S/C67H48F3N3/c1-40-30-50(34-51(31-40)67(68,69)70)66-64(72-60-26-22-46(52-18-10-6-14-41(52)2)35-56(60)57-36-47(23-27-61(57)72)53-19-11-7-15-42(53)3)32-45(39-71)33-65(66)73-62-28-24-48(54-20-12-8-16-43(54)4)37-58(62)59-38-49(25-29-63(59)73)55-21-13-9-17-44(55)5/h6-38H,1-5H3. The summed E-state index contributed by atoms with van der Waals surface area (Å²) in [6.45, 7) is 10.2. The van der Waals surface area contributed by atoms with Gasteiger partial charge in [-0.2, -0.15) is 18.4 Å². The van der Waals surface area contributed by atoms with E-state index in [1.54, 1.807) is 6.92 Å². The zero-order valence-electron chi connectivity index (χ0n) is 41.0. The van der Waals surface area contributed by atoms with Crippen LogP contribution >= 0.6 is 0 Å². The van der Waals surface area contributed by atoms with Gasteiger partial charge < -0.3 is 9.13 Å². The molecule has 0 unspecified atom stereocenters. The summed E-state index contributed by atoms with van der Waals surface area (Å²) >= 11 is 0. The minimum atomic E-state index is -4.62. The summed E-state index contributed by atoms with van der Waals surface area (Å²) in [4.78, 5) is 0. The zero-order valence-corrected chi connectivity index (χ0v) is 41.0. The van der Waals surface area contributed by atoms with Crippen LogP contribution in [0.5, 0.6) is 0 Å². The molecule has 0 bridgehead atoms. The van der Waals surface area contributed by atoms with E-state index in [2.05, 4.69) is 164 Å². The molecule has 0 aliphatic heterocycles. The van der Waals surface area contributed by atoms with Gasteiger partial charge in [0.05, 0.1) is 50.6 Å². The molecule has 12 rings (SSSR count). The van der Waals surface area contributed by atoms with Crippen LogP contribution in [-0.4, -0.2) is 9.13 Å². The highest BCUT2D eigenvalue weighted by atomic mass is 19.4. The van der Waals surface area contributed by atoms with Crippen molar-refractivity contribution >= 4 is 43.6 Å². The number of nitriles is 1. The summed E-state index contributed by atoms with van der Waals surface area (Å²) in [6, 6.07) is 69.7. The number of nitrogens with zero attached hydrogens (tertiary/aromatic N) is 3. The molecule has 6 heteroatoms. The van der Waals surface area contributed by atoms with Crippen molar-refractivity contribution in [1.29, 1.82) is 5.26 Å². The Balaban J connectivity index is 1.23. The summed E-state index contributed by atoms with van der Waals surface area (Å²) < 4.78 is 49.7. The lowest BCUT2D eigenvalue weighted by Gasteiger charge is -2.22. The van der Waals surface area contributed by atoms with Gasteiger partial charge in [-0.1, -0.05) is 127 Å². The molecule has 0 saturated carbocycles. The maximum Gasteiger partial charge on any atom is 0.416 e. The second kappa shape index (κ2) is 17.4. The van der Waals surface area contributed by atoms with E-state index in [0.717, 1.165) is 110 Å². The van der Waals surface area contributed by atoms with Crippen LogP contribution in [0.25, 0.3) is 111 Å². The predicted octanol–water partition coefficient (Wildman–Crippen LogP) is 18.6. The number of aromatic nitrogens is 2. The first kappa shape index (κ1) is 45.2. The highest BCUT2D eigenvalue weighted by Crippen LogP contribution is 2.47. The third kappa shape index (κ3) is 7.68. The Morgan fingerprint density at radius 2 is 0.699 bits per heavy atom. The molecule has 352 valence electrons. The van der Waals surface area contributed by atoms with E-state index in [-0.39, 0.29) is 0 Å². The van der Waals surface area contributed by atoms with Crippen LogP contribution < -0.4 is 0 Å². The van der Waals surface area contributed by atoms with Crippen LogP contribution in [0.1, 0.15) is 38.9 Å². The van der Waals surface area contributed by atoms with E-state index in [9.17, 15) is 5.26 Å². The molecule has 0 atom stereocenters. The van der Waals surface area contributed by atoms with Crippen molar-refractivity contribution in [1.82, 2.24) is 9.13 Å². The lowest BCUT2D eigenvalue weighted by Crippen LogP contribution is -2.08. The van der Waals surface area contributed by atoms with Crippen LogP contribution in [-0.2, 0) is 6.18 Å². The van der Waals surface area contributed by atoms with Gasteiger partial charge in [0.2, 0.25) is 0 Å². The average molecular weight is 952 g/mol. The largest absolute Gasteiger partial charge is 0.416 e. The van der Waals surface area contributed by atoms with Crippen LogP contribution in [0.2, 0.25) is 0 Å². The molecule has 0 aliphatic carbocycles. The molecule has 0 radical (unpaired) electrons. The number of benzene rings is 10. The van der Waals surface area contributed by atoms with Crippen molar-refractivity contribution in [2.24, 2.45) is 0 Å². The van der Waals surface area contributed by atoms with Crippen LogP contribution in [0.15, 0.2) is 200 Å². The van der Waals surface area contributed by atoms with Gasteiger partial charge in [0, 0.05) is 27.1 Å². The van der Waals surface area contributed by atoms with Crippen LogP contribution in [0.3, 0.4) is 0 Å². The Labute approximate surface area is 422 Å². The van der Waals surface area contributed by atoms with Crippen LogP contribution in [0.4, 0.5) is 13.2 Å². The SMILES string of the molecule is Cc1cc(-c2c(-n3c4ccc(-c5ccccc5C)cc4c4cc(-c5ccccc5C)ccc43)cc(C#N)cc2-n2c3ccc(-c4ccccc4C)cc3c3cc(-c4ccccc4C)ccc32)cc(C(F)(F)F)c1. The molecule has 3 nitrogen and oxygen atoms in total. The molecule has 0 saturated heterocycles. The van der Waals surface area contributed by atoms with E-state index in [1.807, 2.05) is 66.7 Å². The van der Waals surface area contributed by atoms with Gasteiger partial charge in [-0.05, 0) is 185 Å². The Morgan fingerprint density at radius 1 is 0.370 bits per heavy atom. The number of aryl methyl sites for hydroxylation is 5. The maximum absolute atomic E-state index is 15.1. The minimum Gasteiger partial charge on any atom is -0.308 e. The number of halogens is 3. The van der Waals surface area contributed by atoms with E-state index in [4.69, 9.17) is 0 Å². The molecule has 0 spiro atoms. The molecule has 0 fully saturated rings. The first-order valence-electron chi connectivity index (χ1n) is 24.5. The van der Waals surface area contributed by atoms with Gasteiger partial charge in [0.1, 0.15) is 0 Å². The fourth-order valence-electron chi connectivity index (χ4n) is 11.2. The highest BCUT2D eigenvalue weighted by molar-refractivity contribution is 6.14. The second-order valence-electron chi connectivity index (χ2n) is 19.4. The van der Waals surface area contributed by atoms with Gasteiger partial charge in [0.25, 0.3) is 0 Å². The van der Waals surface area contributed by atoms with Gasteiger partial charge >= 0.3 is 6.18 Å². The number of rotatable bonds is 7. The molecule has 10 aromatic carbocycles. The molecular formula is C67H48F3N3. The molecule has 12 aromatic rings. The minimum absolute atomic E-state index is 0.364.